The van der Waals surface area contributed by atoms with Crippen molar-refractivity contribution in [2.45, 2.75) is 56.5 Å². The van der Waals surface area contributed by atoms with Crippen LogP contribution in [0.1, 0.15) is 44.1 Å². The number of hydrogen-bond donors (Lipinski definition) is 2. The van der Waals surface area contributed by atoms with Crippen LogP contribution in [0.2, 0.25) is 10.0 Å². The van der Waals surface area contributed by atoms with E-state index in [4.69, 9.17) is 23.2 Å². The monoisotopic (exact) mass is 553 g/mol. The van der Waals surface area contributed by atoms with E-state index in [-0.39, 0.29) is 22.6 Å². The van der Waals surface area contributed by atoms with Gasteiger partial charge >= 0.3 is 5.97 Å². The standard InChI is InChI=1S/C23H25Cl2N5O5S/c1-23(2,3)14-7-9-15(10-8-14)36(34,35)28-19(12-22(32)33)20(31)13-30-27-21(26-29-30)11-16-17(24)5-4-6-18(16)25/h4-10,19,28H,11-13H2,1-3H3,(H,32,33). The highest BCUT2D eigenvalue weighted by Gasteiger charge is 2.29. The number of sulfonamides is 1. The number of ketones is 1. The fraction of sp³-hybridized carbons (Fsp3) is 0.348. The van der Waals surface area contributed by atoms with Gasteiger partial charge in [-0.1, -0.05) is 62.2 Å². The number of benzene rings is 2. The fourth-order valence-electron chi connectivity index (χ4n) is 3.31. The third-order valence-corrected chi connectivity index (χ3v) is 7.48. The Morgan fingerprint density at radius 3 is 2.25 bits per heavy atom. The van der Waals surface area contributed by atoms with Crippen LogP contribution >= 0.6 is 23.2 Å². The highest BCUT2D eigenvalue weighted by Crippen LogP contribution is 2.26. The molecule has 0 radical (unpaired) electrons. The van der Waals surface area contributed by atoms with Crippen LogP contribution in [0.3, 0.4) is 0 Å². The van der Waals surface area contributed by atoms with E-state index in [0.717, 1.165) is 10.4 Å². The van der Waals surface area contributed by atoms with Crippen LogP contribution in [0.4, 0.5) is 0 Å². The van der Waals surface area contributed by atoms with Crippen LogP contribution < -0.4 is 4.72 Å². The summed E-state index contributed by atoms with van der Waals surface area (Å²) in [5.74, 6) is -1.86. The fourth-order valence-corrected chi connectivity index (χ4v) is 5.06. The molecule has 2 N–H and O–H groups in total. The number of carboxylic acids is 1. The minimum atomic E-state index is -4.18. The third kappa shape index (κ3) is 7.10. The van der Waals surface area contributed by atoms with E-state index in [1.165, 1.54) is 12.1 Å². The van der Waals surface area contributed by atoms with Gasteiger partial charge in [-0.15, -0.1) is 10.2 Å². The topological polar surface area (TPSA) is 144 Å². The molecule has 0 spiro atoms. The molecule has 3 rings (SSSR count). The van der Waals surface area contributed by atoms with Gasteiger partial charge in [-0.25, -0.2) is 8.42 Å². The first-order valence-electron chi connectivity index (χ1n) is 10.8. The summed E-state index contributed by atoms with van der Waals surface area (Å²) in [6.45, 7) is 5.47. The normalized spacial score (nSPS) is 12.9. The highest BCUT2D eigenvalue weighted by molar-refractivity contribution is 7.89. The lowest BCUT2D eigenvalue weighted by Gasteiger charge is -2.20. The number of nitrogens with one attached hydrogen (secondary N) is 1. The van der Waals surface area contributed by atoms with Crippen molar-refractivity contribution in [1.29, 1.82) is 0 Å². The number of hydrogen-bond acceptors (Lipinski definition) is 7. The summed E-state index contributed by atoms with van der Waals surface area (Å²) in [7, 11) is -4.18. The molecule has 3 aromatic rings. The third-order valence-electron chi connectivity index (χ3n) is 5.28. The van der Waals surface area contributed by atoms with E-state index in [1.54, 1.807) is 30.3 Å². The zero-order chi connectivity index (χ0) is 26.7. The molecule has 0 bridgehead atoms. The lowest BCUT2D eigenvalue weighted by atomic mass is 9.87. The number of carbonyl (C=O) groups excluding carboxylic acids is 1. The van der Waals surface area contributed by atoms with Gasteiger partial charge in [0.2, 0.25) is 10.0 Å². The summed E-state index contributed by atoms with van der Waals surface area (Å²) in [5, 5.41) is 21.9. The number of Topliss-reactive ketones (excluding diaryl/α,β-unsaturated/α-hetero) is 1. The molecule has 0 amide bonds. The highest BCUT2D eigenvalue weighted by atomic mass is 35.5. The molecule has 1 unspecified atom stereocenters. The van der Waals surface area contributed by atoms with Gasteiger partial charge < -0.3 is 5.11 Å². The maximum Gasteiger partial charge on any atom is 0.305 e. The molecule has 0 fully saturated rings. The molecule has 1 atom stereocenters. The molecule has 10 nitrogen and oxygen atoms in total. The number of carbonyl (C=O) groups is 2. The summed E-state index contributed by atoms with van der Waals surface area (Å²) in [6.07, 6.45) is -0.600. The van der Waals surface area contributed by atoms with E-state index in [1.807, 2.05) is 20.8 Å². The largest absolute Gasteiger partial charge is 0.481 e. The van der Waals surface area contributed by atoms with Crippen LogP contribution in [-0.4, -0.2) is 51.5 Å². The van der Waals surface area contributed by atoms with Gasteiger partial charge in [0.25, 0.3) is 0 Å². The van der Waals surface area contributed by atoms with Crippen molar-refractivity contribution < 1.29 is 23.1 Å². The first kappa shape index (κ1) is 27.7. The molecule has 13 heteroatoms. The molecule has 192 valence electrons. The van der Waals surface area contributed by atoms with E-state index >= 15 is 0 Å². The van der Waals surface area contributed by atoms with Crippen LogP contribution in [0.25, 0.3) is 0 Å². The van der Waals surface area contributed by atoms with Crippen LogP contribution in [0.5, 0.6) is 0 Å². The first-order valence-corrected chi connectivity index (χ1v) is 13.1. The van der Waals surface area contributed by atoms with Gasteiger partial charge in [0.05, 0.1) is 17.4 Å². The molecule has 1 heterocycles. The lowest BCUT2D eigenvalue weighted by Crippen LogP contribution is -2.43. The molecule has 0 saturated heterocycles. The summed E-state index contributed by atoms with van der Waals surface area (Å²) >= 11 is 12.3. The average Bonchev–Trinajstić information content (AvgIpc) is 3.22. The Balaban J connectivity index is 1.75. The Bertz CT molecular complexity index is 1350. The summed E-state index contributed by atoms with van der Waals surface area (Å²) in [5.41, 5.74) is 1.32. The quantitative estimate of drug-likeness (QED) is 0.389. The van der Waals surface area contributed by atoms with E-state index in [9.17, 15) is 23.1 Å². The van der Waals surface area contributed by atoms with E-state index in [0.29, 0.717) is 15.6 Å². The van der Waals surface area contributed by atoms with Gasteiger partial charge in [-0.2, -0.15) is 9.52 Å². The summed E-state index contributed by atoms with van der Waals surface area (Å²) in [6, 6.07) is 9.66. The maximum atomic E-state index is 12.9. The van der Waals surface area contributed by atoms with E-state index in [2.05, 4.69) is 20.1 Å². The Labute approximate surface area is 218 Å². The summed E-state index contributed by atoms with van der Waals surface area (Å²) < 4.78 is 28.0. The molecule has 1 aromatic heterocycles. The average molecular weight is 554 g/mol. The molecule has 0 aliphatic heterocycles. The first-order chi connectivity index (χ1) is 16.8. The Morgan fingerprint density at radius 1 is 1.08 bits per heavy atom. The maximum absolute atomic E-state index is 12.9. The molecule has 36 heavy (non-hydrogen) atoms. The Hall–Kier alpha value is -2.86. The van der Waals surface area contributed by atoms with Crippen molar-refractivity contribution in [2.24, 2.45) is 0 Å². The number of tetrazole rings is 1. The lowest BCUT2D eigenvalue weighted by molar-refractivity contribution is -0.139. The van der Waals surface area contributed by atoms with Crippen molar-refractivity contribution in [3.05, 3.63) is 69.5 Å². The van der Waals surface area contributed by atoms with E-state index < -0.39 is 40.8 Å². The smallest absolute Gasteiger partial charge is 0.305 e. The number of rotatable bonds is 10. The van der Waals surface area contributed by atoms with Crippen molar-refractivity contribution in [2.75, 3.05) is 0 Å². The van der Waals surface area contributed by atoms with Crippen molar-refractivity contribution >= 4 is 45.0 Å². The number of carboxylic acid groups (broad SMARTS) is 1. The summed E-state index contributed by atoms with van der Waals surface area (Å²) in [4.78, 5) is 25.1. The van der Waals surface area contributed by atoms with Crippen molar-refractivity contribution in [3.8, 4) is 0 Å². The second kappa shape index (κ2) is 11.0. The van der Waals surface area contributed by atoms with Crippen LogP contribution in [0, 0.1) is 0 Å². The molecule has 0 aliphatic rings. The predicted octanol–water partition coefficient (Wildman–Crippen LogP) is 3.26. The molecule has 0 aliphatic carbocycles. The molecule has 2 aromatic carbocycles. The van der Waals surface area contributed by atoms with Crippen LogP contribution in [0.15, 0.2) is 47.4 Å². The number of aromatic nitrogens is 4. The Morgan fingerprint density at radius 2 is 1.69 bits per heavy atom. The van der Waals surface area contributed by atoms with Gasteiger partial charge in [-0.05, 0) is 46.0 Å². The minimum absolute atomic E-state index is 0.0866. The van der Waals surface area contributed by atoms with Gasteiger partial charge in [-0.3, -0.25) is 9.59 Å². The van der Waals surface area contributed by atoms with Crippen molar-refractivity contribution in [1.82, 2.24) is 24.9 Å². The van der Waals surface area contributed by atoms with Gasteiger partial charge in [0, 0.05) is 16.5 Å². The number of aliphatic carboxylic acids is 1. The minimum Gasteiger partial charge on any atom is -0.481 e. The van der Waals surface area contributed by atoms with Crippen LogP contribution in [-0.2, 0) is 38.0 Å². The second-order valence-corrected chi connectivity index (χ2v) is 11.7. The SMILES string of the molecule is CC(C)(C)c1ccc(S(=O)(=O)NC(CC(=O)O)C(=O)Cn2nnc(Cc3c(Cl)cccc3Cl)n2)cc1. The van der Waals surface area contributed by atoms with Gasteiger partial charge in [0.15, 0.2) is 11.6 Å². The second-order valence-electron chi connectivity index (χ2n) is 9.13. The molecule has 0 saturated carbocycles. The number of nitrogens with zero attached hydrogens (tertiary/aromatic N) is 4. The Kier molecular flexibility index (Phi) is 8.50. The van der Waals surface area contributed by atoms with Crippen molar-refractivity contribution in [3.63, 3.8) is 0 Å². The molecular weight excluding hydrogens is 529 g/mol. The van der Waals surface area contributed by atoms with Gasteiger partial charge in [0.1, 0.15) is 6.54 Å². The predicted molar refractivity (Wildman–Crippen MR) is 134 cm³/mol. The number of halogens is 2. The molecular formula is C23H25Cl2N5O5S. The zero-order valence-corrected chi connectivity index (χ0v) is 22.1. The zero-order valence-electron chi connectivity index (χ0n) is 19.8.